The van der Waals surface area contributed by atoms with E-state index in [0.29, 0.717) is 12.1 Å². The van der Waals surface area contributed by atoms with Gasteiger partial charge in [0.25, 0.3) is 0 Å². The van der Waals surface area contributed by atoms with Crippen LogP contribution in [0.15, 0.2) is 83.8 Å². The van der Waals surface area contributed by atoms with Crippen LogP contribution in [0.2, 0.25) is 0 Å². The Bertz CT molecular complexity index is 1130. The van der Waals surface area contributed by atoms with Crippen molar-refractivity contribution >= 4 is 39.1 Å². The maximum atomic E-state index is 12.4. The molecule has 0 heterocycles. The lowest BCUT2D eigenvalue weighted by molar-refractivity contribution is -0.116. The summed E-state index contributed by atoms with van der Waals surface area (Å²) >= 11 is 1.77. The van der Waals surface area contributed by atoms with Gasteiger partial charge in [-0.2, -0.15) is 0 Å². The van der Waals surface area contributed by atoms with Crippen LogP contribution in [-0.2, 0) is 20.6 Å². The number of nitrogens with zero attached hydrogens (tertiary/aromatic N) is 1. The molecule has 1 amide bonds. The number of anilines is 2. The van der Waals surface area contributed by atoms with Gasteiger partial charge in [0.2, 0.25) is 15.9 Å². The van der Waals surface area contributed by atoms with Gasteiger partial charge < -0.3 is 5.32 Å². The Balaban J connectivity index is 1.49. The van der Waals surface area contributed by atoms with Gasteiger partial charge in [-0.1, -0.05) is 48.5 Å². The molecular weight excluding hydrogens is 440 g/mol. The van der Waals surface area contributed by atoms with E-state index in [1.54, 1.807) is 17.8 Å². The first-order valence-corrected chi connectivity index (χ1v) is 13.3. The predicted octanol–water partition coefficient (Wildman–Crippen LogP) is 5.47. The average molecular weight is 469 g/mol. The minimum Gasteiger partial charge on any atom is -0.326 e. The zero-order valence-corrected chi connectivity index (χ0v) is 20.0. The van der Waals surface area contributed by atoms with Crippen molar-refractivity contribution in [3.8, 4) is 0 Å². The van der Waals surface area contributed by atoms with Crippen molar-refractivity contribution in [1.82, 2.24) is 0 Å². The summed E-state index contributed by atoms with van der Waals surface area (Å²) in [7, 11) is -3.43. The highest BCUT2D eigenvalue weighted by Crippen LogP contribution is 2.24. The highest BCUT2D eigenvalue weighted by atomic mass is 32.2. The van der Waals surface area contributed by atoms with Gasteiger partial charge >= 0.3 is 0 Å². The van der Waals surface area contributed by atoms with Gasteiger partial charge in [-0.05, 0) is 54.8 Å². The molecule has 0 aromatic heterocycles. The van der Waals surface area contributed by atoms with Gasteiger partial charge in [-0.15, -0.1) is 11.8 Å². The standard InChI is InChI=1S/C25H28N2O3S2/c1-20-9-6-7-12-24(20)27(32(2,29)30)18-8-13-25(28)26-22-16-14-21(15-17-22)19-31-23-10-4-3-5-11-23/h3-7,9-12,14-17H,8,13,18-19H2,1-2H3,(H,26,28). The molecule has 0 atom stereocenters. The number of hydrogen-bond acceptors (Lipinski definition) is 4. The van der Waals surface area contributed by atoms with Crippen LogP contribution >= 0.6 is 11.8 Å². The number of sulfonamides is 1. The van der Waals surface area contributed by atoms with E-state index in [0.717, 1.165) is 17.0 Å². The van der Waals surface area contributed by atoms with Crippen LogP contribution < -0.4 is 9.62 Å². The highest BCUT2D eigenvalue weighted by molar-refractivity contribution is 7.98. The van der Waals surface area contributed by atoms with Crippen LogP contribution in [-0.4, -0.2) is 27.1 Å². The number of rotatable bonds is 10. The molecule has 0 spiro atoms. The Morgan fingerprint density at radius 1 is 0.938 bits per heavy atom. The molecule has 0 fully saturated rings. The van der Waals surface area contributed by atoms with E-state index in [9.17, 15) is 13.2 Å². The van der Waals surface area contributed by atoms with Crippen molar-refractivity contribution in [3.63, 3.8) is 0 Å². The topological polar surface area (TPSA) is 66.5 Å². The van der Waals surface area contributed by atoms with Gasteiger partial charge in [-0.25, -0.2) is 8.42 Å². The second kappa shape index (κ2) is 11.2. The quantitative estimate of drug-likeness (QED) is 0.401. The first-order valence-electron chi connectivity index (χ1n) is 10.4. The second-order valence-corrected chi connectivity index (χ2v) is 10.5. The third-order valence-corrected chi connectivity index (χ3v) is 7.20. The minimum atomic E-state index is -3.43. The summed E-state index contributed by atoms with van der Waals surface area (Å²) in [5.41, 5.74) is 3.45. The number of carbonyl (C=O) groups is 1. The van der Waals surface area contributed by atoms with Crippen molar-refractivity contribution in [1.29, 1.82) is 0 Å². The predicted molar refractivity (Wildman–Crippen MR) is 134 cm³/mol. The van der Waals surface area contributed by atoms with E-state index in [1.807, 2.05) is 67.6 Å². The average Bonchev–Trinajstić information content (AvgIpc) is 2.77. The number of thioether (sulfide) groups is 1. The van der Waals surface area contributed by atoms with Crippen molar-refractivity contribution in [3.05, 3.63) is 90.0 Å². The van der Waals surface area contributed by atoms with E-state index in [4.69, 9.17) is 0 Å². The summed E-state index contributed by atoms with van der Waals surface area (Å²) < 4.78 is 25.9. The van der Waals surface area contributed by atoms with E-state index in [2.05, 4.69) is 17.4 Å². The molecule has 1 N–H and O–H groups in total. The number of para-hydroxylation sites is 1. The summed E-state index contributed by atoms with van der Waals surface area (Å²) in [5, 5.41) is 2.89. The van der Waals surface area contributed by atoms with Crippen LogP contribution in [0.25, 0.3) is 0 Å². The molecule has 0 radical (unpaired) electrons. The molecule has 0 aliphatic carbocycles. The Labute approximate surface area is 194 Å². The molecule has 3 aromatic rings. The van der Waals surface area contributed by atoms with Crippen molar-refractivity contribution in [2.24, 2.45) is 0 Å². The monoisotopic (exact) mass is 468 g/mol. The summed E-state index contributed by atoms with van der Waals surface area (Å²) in [6.45, 7) is 2.13. The van der Waals surface area contributed by atoms with Crippen molar-refractivity contribution in [2.75, 3.05) is 22.4 Å². The Morgan fingerprint density at radius 3 is 2.25 bits per heavy atom. The van der Waals surface area contributed by atoms with Crippen molar-refractivity contribution in [2.45, 2.75) is 30.4 Å². The van der Waals surface area contributed by atoms with Gasteiger partial charge in [0.05, 0.1) is 11.9 Å². The molecule has 0 saturated carbocycles. The van der Waals surface area contributed by atoms with Crippen LogP contribution in [0.4, 0.5) is 11.4 Å². The number of aryl methyl sites for hydroxylation is 1. The van der Waals surface area contributed by atoms with E-state index < -0.39 is 10.0 Å². The van der Waals surface area contributed by atoms with E-state index >= 15 is 0 Å². The molecule has 32 heavy (non-hydrogen) atoms. The number of carbonyl (C=O) groups excluding carboxylic acids is 1. The normalized spacial score (nSPS) is 11.2. The zero-order valence-electron chi connectivity index (χ0n) is 18.3. The molecule has 3 rings (SSSR count). The highest BCUT2D eigenvalue weighted by Gasteiger charge is 2.19. The summed E-state index contributed by atoms with van der Waals surface area (Å²) in [5.74, 6) is 0.730. The van der Waals surface area contributed by atoms with Gasteiger partial charge in [0.1, 0.15) is 0 Å². The van der Waals surface area contributed by atoms with Gasteiger partial charge in [-0.3, -0.25) is 9.10 Å². The molecule has 0 bridgehead atoms. The second-order valence-electron chi connectivity index (χ2n) is 7.57. The van der Waals surface area contributed by atoms with Gasteiger partial charge in [0.15, 0.2) is 0 Å². The van der Waals surface area contributed by atoms with Crippen molar-refractivity contribution < 1.29 is 13.2 Å². The Hall–Kier alpha value is -2.77. The first kappa shape index (κ1) is 23.9. The minimum absolute atomic E-state index is 0.130. The van der Waals surface area contributed by atoms with Crippen LogP contribution in [0, 0.1) is 6.92 Å². The summed E-state index contributed by atoms with van der Waals surface area (Å²) in [6, 6.07) is 25.4. The third-order valence-electron chi connectivity index (χ3n) is 4.94. The third kappa shape index (κ3) is 7.14. The molecule has 0 aliphatic heterocycles. The lowest BCUT2D eigenvalue weighted by Gasteiger charge is -2.24. The summed E-state index contributed by atoms with van der Waals surface area (Å²) in [6.07, 6.45) is 1.86. The number of nitrogens with one attached hydrogen (secondary N) is 1. The SMILES string of the molecule is Cc1ccccc1N(CCCC(=O)Nc1ccc(CSc2ccccc2)cc1)S(C)(=O)=O. The lowest BCUT2D eigenvalue weighted by Crippen LogP contribution is -2.32. The van der Waals surface area contributed by atoms with E-state index in [1.165, 1.54) is 21.0 Å². The van der Waals surface area contributed by atoms with Gasteiger partial charge in [0, 0.05) is 29.3 Å². The molecule has 168 valence electrons. The zero-order chi connectivity index (χ0) is 23.0. The number of benzene rings is 3. The first-order chi connectivity index (χ1) is 15.3. The largest absolute Gasteiger partial charge is 0.326 e. The summed E-state index contributed by atoms with van der Waals surface area (Å²) in [4.78, 5) is 13.6. The molecule has 3 aromatic carbocycles. The molecule has 7 heteroatoms. The molecular formula is C25H28N2O3S2. The maximum Gasteiger partial charge on any atom is 0.232 e. The van der Waals surface area contributed by atoms with Crippen LogP contribution in [0.1, 0.15) is 24.0 Å². The molecule has 5 nitrogen and oxygen atoms in total. The van der Waals surface area contributed by atoms with Crippen LogP contribution in [0.5, 0.6) is 0 Å². The Morgan fingerprint density at radius 2 is 1.59 bits per heavy atom. The smallest absolute Gasteiger partial charge is 0.232 e. The molecule has 0 unspecified atom stereocenters. The molecule has 0 aliphatic rings. The number of amides is 1. The van der Waals surface area contributed by atoms with Crippen LogP contribution in [0.3, 0.4) is 0 Å². The fraction of sp³-hybridized carbons (Fsp3) is 0.240. The fourth-order valence-electron chi connectivity index (χ4n) is 3.28. The number of hydrogen-bond donors (Lipinski definition) is 1. The fourth-order valence-corrected chi connectivity index (χ4v) is 5.18. The molecule has 0 saturated heterocycles. The lowest BCUT2D eigenvalue weighted by atomic mass is 10.2. The maximum absolute atomic E-state index is 12.4. The Kier molecular flexibility index (Phi) is 8.36. The van der Waals surface area contributed by atoms with E-state index in [-0.39, 0.29) is 18.9 Å².